The summed E-state index contributed by atoms with van der Waals surface area (Å²) in [5, 5.41) is 10.1. The van der Waals surface area contributed by atoms with E-state index >= 15 is 0 Å². The third kappa shape index (κ3) is 2.99. The molecule has 2 aromatic heterocycles. The Balaban J connectivity index is 1.34. The SMILES string of the molecule is CCCn1c(=O)c2ccccc2n2c(SCC(=O)C34CC5CC(CC(C5)C3)C4)nnc12. The molecule has 0 amide bonds. The molecule has 0 atom stereocenters. The molecule has 0 unspecified atom stereocenters. The highest BCUT2D eigenvalue weighted by Crippen LogP contribution is 2.60. The maximum absolute atomic E-state index is 13.5. The van der Waals surface area contributed by atoms with E-state index in [9.17, 15) is 9.59 Å². The molecule has 1 aromatic carbocycles. The van der Waals surface area contributed by atoms with Crippen LogP contribution >= 0.6 is 11.8 Å². The second-order valence-corrected chi connectivity index (χ2v) is 10.9. The van der Waals surface area contributed by atoms with Gasteiger partial charge in [0.15, 0.2) is 5.16 Å². The first-order chi connectivity index (χ1) is 15.1. The second kappa shape index (κ2) is 7.19. The van der Waals surface area contributed by atoms with Crippen molar-refractivity contribution in [3.63, 3.8) is 0 Å². The van der Waals surface area contributed by atoms with E-state index in [2.05, 4.69) is 10.2 Å². The molecule has 3 aromatic rings. The van der Waals surface area contributed by atoms with Crippen LogP contribution < -0.4 is 5.56 Å². The number of thioether (sulfide) groups is 1. The largest absolute Gasteiger partial charge is 0.298 e. The summed E-state index contributed by atoms with van der Waals surface area (Å²) >= 11 is 1.49. The van der Waals surface area contributed by atoms with Crippen molar-refractivity contribution in [2.24, 2.45) is 23.2 Å². The summed E-state index contributed by atoms with van der Waals surface area (Å²) in [5.74, 6) is 3.70. The maximum atomic E-state index is 13.5. The third-order valence-electron chi connectivity index (χ3n) is 7.89. The lowest BCUT2D eigenvalue weighted by atomic mass is 9.48. The van der Waals surface area contributed by atoms with Gasteiger partial charge < -0.3 is 0 Å². The monoisotopic (exact) mass is 436 g/mol. The third-order valence-corrected chi connectivity index (χ3v) is 8.82. The van der Waals surface area contributed by atoms with Gasteiger partial charge in [-0.2, -0.15) is 0 Å². The van der Waals surface area contributed by atoms with Crippen molar-refractivity contribution in [3.05, 3.63) is 34.6 Å². The molecular formula is C24H28N4O2S. The number of fused-ring (bicyclic) bond motifs is 3. The molecule has 4 saturated carbocycles. The van der Waals surface area contributed by atoms with Gasteiger partial charge in [0.25, 0.3) is 5.56 Å². The zero-order valence-electron chi connectivity index (χ0n) is 17.9. The van der Waals surface area contributed by atoms with Crippen LogP contribution in [0.3, 0.4) is 0 Å². The number of aromatic nitrogens is 4. The van der Waals surface area contributed by atoms with Gasteiger partial charge in [-0.25, -0.2) is 0 Å². The average molecular weight is 437 g/mol. The van der Waals surface area contributed by atoms with E-state index in [1.165, 1.54) is 31.0 Å². The Morgan fingerprint density at radius 1 is 1.10 bits per heavy atom. The van der Waals surface area contributed by atoms with Crippen molar-refractivity contribution < 1.29 is 4.79 Å². The summed E-state index contributed by atoms with van der Waals surface area (Å²) < 4.78 is 3.67. The van der Waals surface area contributed by atoms with Crippen LogP contribution in [0.1, 0.15) is 51.9 Å². The number of rotatable bonds is 6. The van der Waals surface area contributed by atoms with Gasteiger partial charge in [0.05, 0.1) is 16.7 Å². The van der Waals surface area contributed by atoms with E-state index in [-0.39, 0.29) is 11.0 Å². The van der Waals surface area contributed by atoms with Gasteiger partial charge in [-0.05, 0) is 74.8 Å². The first-order valence-electron chi connectivity index (χ1n) is 11.6. The Morgan fingerprint density at radius 2 is 1.77 bits per heavy atom. The Bertz CT molecular complexity index is 1210. The fraction of sp³-hybridized carbons (Fsp3) is 0.583. The summed E-state index contributed by atoms with van der Waals surface area (Å²) in [7, 11) is 0. The van der Waals surface area contributed by atoms with Gasteiger partial charge >= 0.3 is 0 Å². The Hall–Kier alpha value is -2.15. The minimum Gasteiger partial charge on any atom is -0.298 e. The topological polar surface area (TPSA) is 69.3 Å². The number of carbonyl (C=O) groups excluding carboxylic acids is 1. The van der Waals surface area contributed by atoms with Gasteiger partial charge in [0.1, 0.15) is 5.78 Å². The van der Waals surface area contributed by atoms with Gasteiger partial charge in [-0.3, -0.25) is 18.6 Å². The Kier molecular flexibility index (Phi) is 4.53. The van der Waals surface area contributed by atoms with Crippen LogP contribution in [0.5, 0.6) is 0 Å². The average Bonchev–Trinajstić information content (AvgIpc) is 3.18. The lowest BCUT2D eigenvalue weighted by Gasteiger charge is -2.56. The fourth-order valence-corrected chi connectivity index (χ4v) is 7.96. The van der Waals surface area contributed by atoms with Gasteiger partial charge in [0, 0.05) is 12.0 Å². The minimum absolute atomic E-state index is 0.0291. The molecule has 4 aliphatic rings. The molecule has 162 valence electrons. The van der Waals surface area contributed by atoms with Gasteiger partial charge in [0.2, 0.25) is 5.78 Å². The summed E-state index contributed by atoms with van der Waals surface area (Å²) in [5.41, 5.74) is 0.692. The normalized spacial score (nSPS) is 29.3. The molecule has 0 spiro atoms. The van der Waals surface area contributed by atoms with Crippen LogP contribution in [-0.2, 0) is 11.3 Å². The molecule has 6 nitrogen and oxygen atoms in total. The maximum Gasteiger partial charge on any atom is 0.262 e. The van der Waals surface area contributed by atoms with Crippen LogP contribution in [0.25, 0.3) is 16.7 Å². The van der Waals surface area contributed by atoms with Crippen LogP contribution in [0, 0.1) is 23.2 Å². The van der Waals surface area contributed by atoms with E-state index in [1.54, 1.807) is 4.57 Å². The molecule has 7 rings (SSSR count). The molecule has 2 heterocycles. The van der Waals surface area contributed by atoms with Gasteiger partial charge in [-0.15, -0.1) is 10.2 Å². The Morgan fingerprint density at radius 3 is 2.45 bits per heavy atom. The summed E-state index contributed by atoms with van der Waals surface area (Å²) in [6, 6.07) is 7.62. The molecular weight excluding hydrogens is 408 g/mol. The number of nitrogens with zero attached hydrogens (tertiary/aromatic N) is 4. The predicted molar refractivity (Wildman–Crippen MR) is 121 cm³/mol. The molecule has 4 aliphatic carbocycles. The molecule has 0 aliphatic heterocycles. The highest BCUT2D eigenvalue weighted by atomic mass is 32.2. The number of Topliss-reactive ketones (excluding diaryl/α,β-unsaturated/α-hetero) is 1. The molecule has 0 radical (unpaired) electrons. The highest BCUT2D eigenvalue weighted by molar-refractivity contribution is 7.99. The van der Waals surface area contributed by atoms with E-state index in [0.29, 0.717) is 34.4 Å². The molecule has 7 heteroatoms. The standard InChI is InChI=1S/C24H28N4O2S/c1-2-7-27-21(30)18-5-3-4-6-19(18)28-22(27)25-26-23(28)31-14-20(29)24-11-15-8-16(12-24)10-17(9-15)13-24/h3-6,15-17H,2,7-14H2,1H3. The van der Waals surface area contributed by atoms with Crippen molar-refractivity contribution in [1.82, 2.24) is 19.2 Å². The number of benzene rings is 1. The number of hydrogen-bond donors (Lipinski definition) is 0. The fourth-order valence-electron chi connectivity index (χ4n) is 6.99. The van der Waals surface area contributed by atoms with E-state index in [0.717, 1.165) is 49.0 Å². The lowest BCUT2D eigenvalue weighted by Crippen LogP contribution is -2.50. The zero-order chi connectivity index (χ0) is 21.2. The highest BCUT2D eigenvalue weighted by Gasteiger charge is 2.54. The van der Waals surface area contributed by atoms with Crippen LogP contribution in [0.4, 0.5) is 0 Å². The predicted octanol–water partition coefficient (Wildman–Crippen LogP) is 4.33. The lowest BCUT2D eigenvalue weighted by molar-refractivity contribution is -0.141. The molecule has 4 bridgehead atoms. The number of ketones is 1. The quantitative estimate of drug-likeness (QED) is 0.538. The van der Waals surface area contributed by atoms with Crippen LogP contribution in [0.15, 0.2) is 34.2 Å². The summed E-state index contributed by atoms with van der Waals surface area (Å²) in [6.45, 7) is 2.65. The molecule has 0 saturated heterocycles. The van der Waals surface area contributed by atoms with Crippen LogP contribution in [0.2, 0.25) is 0 Å². The summed E-state index contributed by atoms with van der Waals surface area (Å²) in [4.78, 5) is 26.5. The van der Waals surface area contributed by atoms with Crippen molar-refractivity contribution >= 4 is 34.2 Å². The zero-order valence-corrected chi connectivity index (χ0v) is 18.7. The van der Waals surface area contributed by atoms with Gasteiger partial charge in [-0.1, -0.05) is 30.8 Å². The first-order valence-corrected chi connectivity index (χ1v) is 12.6. The number of aryl methyl sites for hydroxylation is 1. The van der Waals surface area contributed by atoms with Crippen molar-refractivity contribution in [2.45, 2.75) is 63.6 Å². The number of para-hydroxylation sites is 1. The minimum atomic E-state index is -0.0887. The first kappa shape index (κ1) is 19.5. The Labute approximate surface area is 185 Å². The van der Waals surface area contributed by atoms with Crippen LogP contribution in [-0.4, -0.2) is 30.7 Å². The molecule has 0 N–H and O–H groups in total. The smallest absolute Gasteiger partial charge is 0.262 e. The van der Waals surface area contributed by atoms with Crippen molar-refractivity contribution in [2.75, 3.05) is 5.75 Å². The van der Waals surface area contributed by atoms with Crippen molar-refractivity contribution in [3.8, 4) is 0 Å². The van der Waals surface area contributed by atoms with E-state index in [4.69, 9.17) is 0 Å². The van der Waals surface area contributed by atoms with E-state index in [1.807, 2.05) is 35.6 Å². The molecule has 31 heavy (non-hydrogen) atoms. The van der Waals surface area contributed by atoms with Crippen molar-refractivity contribution in [1.29, 1.82) is 0 Å². The molecule has 4 fully saturated rings. The summed E-state index contributed by atoms with van der Waals surface area (Å²) in [6.07, 6.45) is 8.15. The number of carbonyl (C=O) groups is 1. The second-order valence-electron chi connectivity index (χ2n) is 10.0. The number of hydrogen-bond acceptors (Lipinski definition) is 5. The van der Waals surface area contributed by atoms with E-state index < -0.39 is 0 Å².